The largest absolute Gasteiger partial charge is 0.294 e. The molecule has 0 bridgehead atoms. The van der Waals surface area contributed by atoms with Crippen LogP contribution in [0.5, 0.6) is 0 Å². The van der Waals surface area contributed by atoms with Gasteiger partial charge in [0.1, 0.15) is 0 Å². The maximum Gasteiger partial charge on any atom is 0.259 e. The molecule has 0 unspecified atom stereocenters. The average Bonchev–Trinajstić information content (AvgIpc) is 3.05. The van der Waals surface area contributed by atoms with Crippen molar-refractivity contribution in [3.8, 4) is 11.3 Å². The summed E-state index contributed by atoms with van der Waals surface area (Å²) in [6.45, 7) is 4.15. The summed E-state index contributed by atoms with van der Waals surface area (Å²) in [5.74, 6) is 6.03. The zero-order valence-corrected chi connectivity index (χ0v) is 13.7. The summed E-state index contributed by atoms with van der Waals surface area (Å²) < 4.78 is 1.60. The minimum Gasteiger partial charge on any atom is -0.294 e. The van der Waals surface area contributed by atoms with E-state index in [0.29, 0.717) is 12.5 Å². The van der Waals surface area contributed by atoms with Gasteiger partial charge in [0.25, 0.3) is 5.56 Å². The molecule has 124 valence electrons. The van der Waals surface area contributed by atoms with Crippen molar-refractivity contribution in [2.75, 3.05) is 5.43 Å². The molecule has 1 aromatic heterocycles. The van der Waals surface area contributed by atoms with E-state index in [2.05, 4.69) is 30.2 Å². The fourth-order valence-corrected chi connectivity index (χ4v) is 4.47. The number of anilines is 1. The molecule has 0 radical (unpaired) electrons. The van der Waals surface area contributed by atoms with Crippen LogP contribution >= 0.6 is 0 Å². The first-order valence-corrected chi connectivity index (χ1v) is 8.51. The van der Waals surface area contributed by atoms with Crippen LogP contribution in [0.3, 0.4) is 0 Å². The van der Waals surface area contributed by atoms with Crippen LogP contribution in [0.1, 0.15) is 36.8 Å². The van der Waals surface area contributed by atoms with Crippen LogP contribution < -0.4 is 16.8 Å². The zero-order valence-electron chi connectivity index (χ0n) is 13.7. The van der Waals surface area contributed by atoms with Gasteiger partial charge in [-0.05, 0) is 24.8 Å². The van der Waals surface area contributed by atoms with E-state index >= 15 is 0 Å². The van der Waals surface area contributed by atoms with Gasteiger partial charge in [-0.3, -0.25) is 14.8 Å². The summed E-state index contributed by atoms with van der Waals surface area (Å²) in [6, 6.07) is 8.28. The molecule has 3 N–H and O–H groups in total. The third-order valence-electron chi connectivity index (χ3n) is 5.50. The van der Waals surface area contributed by atoms with E-state index in [1.54, 1.807) is 10.6 Å². The number of nitrogen functional groups attached to an aromatic ring is 1. The molecule has 0 amide bonds. The van der Waals surface area contributed by atoms with Crippen LogP contribution in [0.4, 0.5) is 5.95 Å². The number of hydrazine groups is 1. The lowest BCUT2D eigenvalue weighted by atomic mass is 9.68. The molecule has 0 saturated heterocycles. The summed E-state index contributed by atoms with van der Waals surface area (Å²) >= 11 is 0. The van der Waals surface area contributed by atoms with Crippen LogP contribution in [-0.2, 0) is 18.4 Å². The van der Waals surface area contributed by atoms with E-state index in [9.17, 15) is 4.79 Å². The highest BCUT2D eigenvalue weighted by atomic mass is 16.1. The van der Waals surface area contributed by atoms with Crippen molar-refractivity contribution in [2.24, 2.45) is 5.84 Å². The van der Waals surface area contributed by atoms with Gasteiger partial charge >= 0.3 is 0 Å². The third-order valence-corrected chi connectivity index (χ3v) is 5.50. The minimum atomic E-state index is -0.0795. The Balaban J connectivity index is 2.07. The van der Waals surface area contributed by atoms with Crippen LogP contribution in [0.2, 0.25) is 0 Å². The summed E-state index contributed by atoms with van der Waals surface area (Å²) in [5.41, 5.74) is 6.54. The predicted octanol–water partition coefficient (Wildman–Crippen LogP) is 2.75. The van der Waals surface area contributed by atoms with Crippen LogP contribution in [0.25, 0.3) is 11.3 Å². The van der Waals surface area contributed by atoms with Crippen molar-refractivity contribution in [1.82, 2.24) is 9.55 Å². The second-order valence-electron chi connectivity index (χ2n) is 6.83. The first kappa shape index (κ1) is 15.1. The Hall–Kier alpha value is -2.40. The maximum atomic E-state index is 13.3. The van der Waals surface area contributed by atoms with E-state index in [1.165, 1.54) is 18.4 Å². The summed E-state index contributed by atoms with van der Waals surface area (Å²) in [7, 11) is 0. The summed E-state index contributed by atoms with van der Waals surface area (Å²) in [6.07, 6.45) is 7.06. The monoisotopic (exact) mass is 322 g/mol. The normalized spacial score (nSPS) is 17.4. The molecule has 0 aliphatic heterocycles. The van der Waals surface area contributed by atoms with Gasteiger partial charge in [0.2, 0.25) is 5.95 Å². The first-order valence-electron chi connectivity index (χ1n) is 8.51. The number of aromatic nitrogens is 2. The molecule has 5 nitrogen and oxygen atoms in total. The van der Waals surface area contributed by atoms with Gasteiger partial charge in [-0.2, -0.15) is 0 Å². The van der Waals surface area contributed by atoms with Crippen molar-refractivity contribution in [3.05, 3.63) is 58.4 Å². The fourth-order valence-electron chi connectivity index (χ4n) is 4.47. The predicted molar refractivity (Wildman–Crippen MR) is 95.8 cm³/mol. The van der Waals surface area contributed by atoms with E-state index in [-0.39, 0.29) is 11.0 Å². The maximum absolute atomic E-state index is 13.3. The standard InChI is InChI=1S/C19H22N4O/c1-2-11-23-17(24)15-16(21-18(23)22-20)14-8-4-3-7-13(14)12-19(15)9-5-6-10-19/h2-4,7-8H,1,5-6,9-12,20H2,(H,21,22). The van der Waals surface area contributed by atoms with Crippen LogP contribution in [-0.4, -0.2) is 9.55 Å². The highest BCUT2D eigenvalue weighted by Gasteiger charge is 2.44. The Morgan fingerprint density at radius 3 is 2.79 bits per heavy atom. The molecule has 24 heavy (non-hydrogen) atoms. The molecule has 2 aliphatic carbocycles. The van der Waals surface area contributed by atoms with Gasteiger partial charge < -0.3 is 0 Å². The van der Waals surface area contributed by atoms with Gasteiger partial charge in [0.05, 0.1) is 11.3 Å². The summed E-state index contributed by atoms with van der Waals surface area (Å²) in [5, 5.41) is 0. The van der Waals surface area contributed by atoms with E-state index in [0.717, 1.165) is 36.1 Å². The molecule has 1 heterocycles. The minimum absolute atomic E-state index is 0.0178. The first-order chi connectivity index (χ1) is 11.7. The zero-order chi connectivity index (χ0) is 16.7. The quantitative estimate of drug-likeness (QED) is 0.518. The smallest absolute Gasteiger partial charge is 0.259 e. The van der Waals surface area contributed by atoms with Gasteiger partial charge in [-0.1, -0.05) is 43.2 Å². The highest BCUT2D eigenvalue weighted by molar-refractivity contribution is 5.72. The lowest BCUT2D eigenvalue weighted by Gasteiger charge is -2.36. The number of hydrogen-bond donors (Lipinski definition) is 2. The molecule has 2 aromatic rings. The number of allylic oxidation sites excluding steroid dienone is 1. The Bertz CT molecular complexity index is 862. The number of hydrogen-bond acceptors (Lipinski definition) is 4. The summed E-state index contributed by atoms with van der Waals surface area (Å²) in [4.78, 5) is 18.1. The second kappa shape index (κ2) is 5.60. The van der Waals surface area contributed by atoms with Gasteiger partial charge in [-0.15, -0.1) is 6.58 Å². The topological polar surface area (TPSA) is 72.9 Å². The number of fused-ring (bicyclic) bond motifs is 4. The molecule has 2 aliphatic rings. The number of nitrogens with one attached hydrogen (secondary N) is 1. The molecular formula is C19H22N4O. The van der Waals surface area contributed by atoms with Gasteiger partial charge in [0, 0.05) is 17.5 Å². The molecule has 1 saturated carbocycles. The molecule has 5 heteroatoms. The Kier molecular flexibility index (Phi) is 3.53. The van der Waals surface area contributed by atoms with Gasteiger partial charge in [0.15, 0.2) is 0 Å². The van der Waals surface area contributed by atoms with Crippen molar-refractivity contribution in [1.29, 1.82) is 0 Å². The van der Waals surface area contributed by atoms with Gasteiger partial charge in [-0.25, -0.2) is 10.8 Å². The SMILES string of the molecule is C=CCn1c(NN)nc2c(c1=O)C1(CCCC1)Cc1ccccc1-2. The van der Waals surface area contributed by atoms with Crippen molar-refractivity contribution in [3.63, 3.8) is 0 Å². The molecule has 0 atom stereocenters. The van der Waals surface area contributed by atoms with Crippen LogP contribution in [0, 0.1) is 0 Å². The van der Waals surface area contributed by atoms with E-state index in [4.69, 9.17) is 10.8 Å². The number of benzene rings is 1. The Labute approximate surface area is 141 Å². The van der Waals surface area contributed by atoms with Crippen LogP contribution in [0.15, 0.2) is 41.7 Å². The highest BCUT2D eigenvalue weighted by Crippen LogP contribution is 2.49. The molecule has 1 spiro atoms. The lowest BCUT2D eigenvalue weighted by Crippen LogP contribution is -2.41. The molecule has 1 aromatic carbocycles. The van der Waals surface area contributed by atoms with Crippen molar-refractivity contribution < 1.29 is 0 Å². The van der Waals surface area contributed by atoms with Crippen molar-refractivity contribution in [2.45, 2.75) is 44.1 Å². The average molecular weight is 322 g/mol. The number of nitrogens with zero attached hydrogens (tertiary/aromatic N) is 2. The lowest BCUT2D eigenvalue weighted by molar-refractivity contribution is 0.422. The molecule has 1 fully saturated rings. The fraction of sp³-hybridized carbons (Fsp3) is 0.368. The number of nitrogens with two attached hydrogens (primary N) is 1. The van der Waals surface area contributed by atoms with E-state index < -0.39 is 0 Å². The second-order valence-corrected chi connectivity index (χ2v) is 6.83. The Morgan fingerprint density at radius 1 is 1.33 bits per heavy atom. The van der Waals surface area contributed by atoms with Crippen molar-refractivity contribution >= 4 is 5.95 Å². The third kappa shape index (κ3) is 2.04. The number of rotatable bonds is 3. The Morgan fingerprint density at radius 2 is 2.08 bits per heavy atom. The molecule has 4 rings (SSSR count). The van der Waals surface area contributed by atoms with E-state index in [1.807, 2.05) is 6.07 Å². The molecular weight excluding hydrogens is 300 g/mol.